The molecule has 0 spiro atoms. The number of para-hydroxylation sites is 1. The highest BCUT2D eigenvalue weighted by atomic mass is 32.2. The van der Waals surface area contributed by atoms with Gasteiger partial charge in [0.05, 0.1) is 16.7 Å². The van der Waals surface area contributed by atoms with Crippen LogP contribution < -0.4 is 5.56 Å². The summed E-state index contributed by atoms with van der Waals surface area (Å²) >= 11 is 1.43. The quantitative estimate of drug-likeness (QED) is 0.436. The predicted octanol–water partition coefficient (Wildman–Crippen LogP) is 2.92. The Bertz CT molecular complexity index is 1360. The number of benzene rings is 2. The van der Waals surface area contributed by atoms with Gasteiger partial charge in [0.15, 0.2) is 5.16 Å². The molecule has 5 aromatic rings. The van der Waals surface area contributed by atoms with Crippen molar-refractivity contribution < 1.29 is 4.52 Å². The summed E-state index contributed by atoms with van der Waals surface area (Å²) in [6.07, 6.45) is 0. The van der Waals surface area contributed by atoms with Crippen LogP contribution in [0.25, 0.3) is 28.1 Å². The second-order valence-corrected chi connectivity index (χ2v) is 7.11. The molecule has 0 radical (unpaired) electrons. The van der Waals surface area contributed by atoms with Crippen LogP contribution in [0.1, 0.15) is 5.89 Å². The Morgan fingerprint density at radius 3 is 2.68 bits per heavy atom. The third kappa shape index (κ3) is 2.67. The topological polar surface area (TPSA) is 91.1 Å². The highest BCUT2D eigenvalue weighted by molar-refractivity contribution is 7.98. The Morgan fingerprint density at radius 1 is 1.04 bits per heavy atom. The Morgan fingerprint density at radius 2 is 1.82 bits per heavy atom. The maximum absolute atomic E-state index is 12.5. The first-order chi connectivity index (χ1) is 13.7. The molecule has 0 atom stereocenters. The van der Waals surface area contributed by atoms with E-state index in [0.717, 1.165) is 11.1 Å². The number of hydrogen-bond acceptors (Lipinski definition) is 7. The van der Waals surface area contributed by atoms with Crippen molar-refractivity contribution in [2.75, 3.05) is 0 Å². The molecule has 0 fully saturated rings. The second-order valence-electron chi connectivity index (χ2n) is 6.17. The van der Waals surface area contributed by atoms with E-state index in [1.165, 1.54) is 16.3 Å². The monoisotopic (exact) mass is 390 g/mol. The molecule has 0 N–H and O–H groups in total. The van der Waals surface area contributed by atoms with Crippen LogP contribution in [0.3, 0.4) is 0 Å². The van der Waals surface area contributed by atoms with Crippen LogP contribution >= 0.6 is 11.8 Å². The third-order valence-corrected chi connectivity index (χ3v) is 5.33. The van der Waals surface area contributed by atoms with E-state index in [1.54, 1.807) is 13.1 Å². The molecule has 9 heteroatoms. The van der Waals surface area contributed by atoms with Crippen molar-refractivity contribution >= 4 is 28.4 Å². The van der Waals surface area contributed by atoms with Gasteiger partial charge >= 0.3 is 0 Å². The average Bonchev–Trinajstić information content (AvgIpc) is 3.38. The van der Waals surface area contributed by atoms with Gasteiger partial charge in [-0.1, -0.05) is 59.4 Å². The van der Waals surface area contributed by atoms with E-state index in [4.69, 9.17) is 4.52 Å². The van der Waals surface area contributed by atoms with Gasteiger partial charge in [0.2, 0.25) is 17.5 Å². The first-order valence-electron chi connectivity index (χ1n) is 8.56. The van der Waals surface area contributed by atoms with Crippen molar-refractivity contribution in [2.45, 2.75) is 10.9 Å². The van der Waals surface area contributed by atoms with Gasteiger partial charge in [0, 0.05) is 12.6 Å². The van der Waals surface area contributed by atoms with Gasteiger partial charge in [-0.2, -0.15) is 4.98 Å². The van der Waals surface area contributed by atoms with Crippen LogP contribution in [-0.2, 0) is 12.8 Å². The largest absolute Gasteiger partial charge is 0.338 e. The molecule has 0 aliphatic carbocycles. The molecule has 0 saturated carbocycles. The van der Waals surface area contributed by atoms with Gasteiger partial charge in [-0.15, -0.1) is 10.2 Å². The Hall–Kier alpha value is -3.46. The maximum Gasteiger partial charge on any atom is 0.262 e. The van der Waals surface area contributed by atoms with Crippen molar-refractivity contribution in [3.63, 3.8) is 0 Å². The smallest absolute Gasteiger partial charge is 0.262 e. The molecule has 28 heavy (non-hydrogen) atoms. The average molecular weight is 390 g/mol. The molecular formula is C19H14N6O2S. The Labute approximate surface area is 162 Å². The van der Waals surface area contributed by atoms with Crippen molar-refractivity contribution in [1.29, 1.82) is 0 Å². The lowest BCUT2D eigenvalue weighted by atomic mass is 10.2. The van der Waals surface area contributed by atoms with Crippen LogP contribution in [0.2, 0.25) is 0 Å². The number of aryl methyl sites for hydroxylation is 1. The lowest BCUT2D eigenvalue weighted by Crippen LogP contribution is -2.20. The van der Waals surface area contributed by atoms with Gasteiger partial charge in [0.25, 0.3) is 5.56 Å². The van der Waals surface area contributed by atoms with Crippen LogP contribution in [0.4, 0.5) is 0 Å². The van der Waals surface area contributed by atoms with Crippen molar-refractivity contribution in [3.8, 4) is 11.4 Å². The Kier molecular flexibility index (Phi) is 3.94. The van der Waals surface area contributed by atoms with Crippen LogP contribution in [-0.4, -0.2) is 29.3 Å². The molecule has 0 aliphatic rings. The summed E-state index contributed by atoms with van der Waals surface area (Å²) in [5, 5.41) is 13.7. The van der Waals surface area contributed by atoms with E-state index in [1.807, 2.05) is 52.9 Å². The zero-order valence-electron chi connectivity index (χ0n) is 14.8. The molecule has 2 aromatic carbocycles. The first-order valence-corrected chi connectivity index (χ1v) is 9.54. The lowest BCUT2D eigenvalue weighted by molar-refractivity contribution is 0.391. The minimum absolute atomic E-state index is 0.101. The summed E-state index contributed by atoms with van der Waals surface area (Å²) in [5.41, 5.74) is 1.57. The molecule has 3 aromatic heterocycles. The van der Waals surface area contributed by atoms with E-state index in [0.29, 0.717) is 33.8 Å². The zero-order chi connectivity index (χ0) is 19.1. The highest BCUT2D eigenvalue weighted by Crippen LogP contribution is 2.25. The summed E-state index contributed by atoms with van der Waals surface area (Å²) in [7, 11) is 1.69. The van der Waals surface area contributed by atoms with Crippen molar-refractivity contribution in [3.05, 3.63) is 70.8 Å². The number of nitrogens with zero attached hydrogens (tertiary/aromatic N) is 6. The number of thioether (sulfide) groups is 1. The molecule has 8 nitrogen and oxygen atoms in total. The van der Waals surface area contributed by atoms with Crippen LogP contribution in [0, 0.1) is 0 Å². The second kappa shape index (κ2) is 6.61. The SMILES string of the molecule is Cn1c(=O)c2ccccc2n2c(SCc3nc(-c4ccccc4)no3)nnc12. The van der Waals surface area contributed by atoms with Gasteiger partial charge in [-0.3, -0.25) is 13.8 Å². The van der Waals surface area contributed by atoms with Crippen LogP contribution in [0.15, 0.2) is 69.1 Å². The minimum Gasteiger partial charge on any atom is -0.338 e. The molecule has 138 valence electrons. The van der Waals surface area contributed by atoms with Gasteiger partial charge in [-0.25, -0.2) is 0 Å². The number of hydrogen-bond donors (Lipinski definition) is 0. The number of rotatable bonds is 4. The van der Waals surface area contributed by atoms with Gasteiger partial charge in [-0.05, 0) is 12.1 Å². The third-order valence-electron chi connectivity index (χ3n) is 4.42. The zero-order valence-corrected chi connectivity index (χ0v) is 15.6. The molecular weight excluding hydrogens is 376 g/mol. The molecule has 0 unspecified atom stereocenters. The van der Waals surface area contributed by atoms with E-state index in [9.17, 15) is 4.79 Å². The standard InChI is InChI=1S/C19H14N6O2S/c1-24-17(26)13-9-5-6-10-14(13)25-18(24)21-22-19(25)28-11-15-20-16(23-27-15)12-7-3-2-4-8-12/h2-10H,11H2,1H3. The number of aromatic nitrogens is 6. The summed E-state index contributed by atoms with van der Waals surface area (Å²) in [6.45, 7) is 0. The number of fused-ring (bicyclic) bond motifs is 3. The summed E-state index contributed by atoms with van der Waals surface area (Å²) in [6, 6.07) is 17.1. The fraction of sp³-hybridized carbons (Fsp3) is 0.105. The molecule has 0 amide bonds. The van der Waals surface area contributed by atoms with Crippen molar-refractivity contribution in [1.82, 2.24) is 29.3 Å². The van der Waals surface area contributed by atoms with Crippen LogP contribution in [0.5, 0.6) is 0 Å². The summed E-state index contributed by atoms with van der Waals surface area (Å²) in [5.74, 6) is 1.98. The maximum atomic E-state index is 12.5. The molecule has 5 rings (SSSR count). The first kappa shape index (κ1) is 16.7. The fourth-order valence-electron chi connectivity index (χ4n) is 3.05. The minimum atomic E-state index is -0.101. The van der Waals surface area contributed by atoms with Gasteiger partial charge in [0.1, 0.15) is 0 Å². The lowest BCUT2D eigenvalue weighted by Gasteiger charge is -2.06. The normalized spacial score (nSPS) is 11.5. The summed E-state index contributed by atoms with van der Waals surface area (Å²) in [4.78, 5) is 17.0. The highest BCUT2D eigenvalue weighted by Gasteiger charge is 2.16. The van der Waals surface area contributed by atoms with E-state index >= 15 is 0 Å². The predicted molar refractivity (Wildman–Crippen MR) is 105 cm³/mol. The van der Waals surface area contributed by atoms with Gasteiger partial charge < -0.3 is 4.52 Å². The molecule has 3 heterocycles. The Balaban J connectivity index is 1.50. The molecule has 0 bridgehead atoms. The van der Waals surface area contributed by atoms with E-state index < -0.39 is 0 Å². The summed E-state index contributed by atoms with van der Waals surface area (Å²) < 4.78 is 8.74. The van der Waals surface area contributed by atoms with E-state index in [2.05, 4.69) is 20.3 Å². The van der Waals surface area contributed by atoms with E-state index in [-0.39, 0.29) is 5.56 Å². The molecule has 0 aliphatic heterocycles. The molecule has 0 saturated heterocycles. The fourth-order valence-corrected chi connectivity index (χ4v) is 3.83. The van der Waals surface area contributed by atoms with Crippen molar-refractivity contribution in [2.24, 2.45) is 7.05 Å².